The zero-order valence-corrected chi connectivity index (χ0v) is 21.7. The molecule has 3 heterocycles. The van der Waals surface area contributed by atoms with Crippen LogP contribution in [0.2, 0.25) is 0 Å². The fourth-order valence-electron chi connectivity index (χ4n) is 4.80. The number of pyridine rings is 1. The van der Waals surface area contributed by atoms with Gasteiger partial charge in [0.05, 0.1) is 12.3 Å². The molecule has 1 N–H and O–H groups in total. The van der Waals surface area contributed by atoms with Crippen molar-refractivity contribution in [1.82, 2.24) is 19.4 Å². The molecular weight excluding hydrogens is 456 g/mol. The first-order chi connectivity index (χ1) is 17.1. The number of amides is 1. The van der Waals surface area contributed by atoms with E-state index < -0.39 is 11.7 Å². The average Bonchev–Trinajstić information content (AvgIpc) is 3.08. The summed E-state index contributed by atoms with van der Waals surface area (Å²) in [7, 11) is 0. The number of carbonyl (C=O) groups excluding carboxylic acids is 1. The molecule has 1 saturated heterocycles. The zero-order valence-electron chi connectivity index (χ0n) is 21.7. The Morgan fingerprint density at radius 1 is 1.28 bits per heavy atom. The number of aromatic nitrogens is 3. The Morgan fingerprint density at radius 3 is 2.72 bits per heavy atom. The van der Waals surface area contributed by atoms with Gasteiger partial charge in [0, 0.05) is 37.9 Å². The van der Waals surface area contributed by atoms with E-state index in [1.54, 1.807) is 15.2 Å². The predicted octanol–water partition coefficient (Wildman–Crippen LogP) is 4.62. The molecule has 36 heavy (non-hydrogen) atoms. The van der Waals surface area contributed by atoms with Gasteiger partial charge in [-0.1, -0.05) is 24.3 Å². The summed E-state index contributed by atoms with van der Waals surface area (Å²) in [4.78, 5) is 36.5. The summed E-state index contributed by atoms with van der Waals surface area (Å²) in [6, 6.07) is 9.31. The van der Waals surface area contributed by atoms with Crippen LogP contribution in [0.5, 0.6) is 0 Å². The molecule has 9 nitrogen and oxygen atoms in total. The fourth-order valence-corrected chi connectivity index (χ4v) is 4.80. The van der Waals surface area contributed by atoms with E-state index in [4.69, 9.17) is 16.3 Å². The molecule has 1 atom stereocenters. The molecular formula is C27H34N6O3. The highest BCUT2D eigenvalue weighted by Gasteiger charge is 2.28. The minimum absolute atomic E-state index is 0.0756. The smallest absolute Gasteiger partial charge is 0.407 e. The van der Waals surface area contributed by atoms with E-state index in [9.17, 15) is 9.59 Å². The van der Waals surface area contributed by atoms with Crippen molar-refractivity contribution in [1.29, 1.82) is 0 Å². The van der Waals surface area contributed by atoms with Gasteiger partial charge < -0.3 is 15.0 Å². The quantitative estimate of drug-likeness (QED) is 0.528. The Labute approximate surface area is 211 Å². The van der Waals surface area contributed by atoms with Crippen molar-refractivity contribution in [2.45, 2.75) is 72.2 Å². The van der Waals surface area contributed by atoms with E-state index in [2.05, 4.69) is 15.1 Å². The lowest BCUT2D eigenvalue weighted by atomic mass is 10.0. The monoisotopic (exact) mass is 490 g/mol. The number of nitrogens with one attached hydrogen (secondary N) is 1. The number of hydrogen-bond donors (Lipinski definition) is 1. The van der Waals surface area contributed by atoms with Gasteiger partial charge in [-0.15, -0.1) is 0 Å². The highest BCUT2D eigenvalue weighted by molar-refractivity contribution is 5.88. The second kappa shape index (κ2) is 10.1. The molecule has 0 unspecified atom stereocenters. The number of hydrogen-bond acceptors (Lipinski definition) is 5. The lowest BCUT2D eigenvalue weighted by molar-refractivity contribution is 0.0500. The van der Waals surface area contributed by atoms with E-state index in [0.717, 1.165) is 41.8 Å². The number of benzene rings is 1. The van der Waals surface area contributed by atoms with Crippen LogP contribution in [0.3, 0.4) is 0 Å². The minimum atomic E-state index is -0.562. The Kier molecular flexibility index (Phi) is 7.07. The van der Waals surface area contributed by atoms with Crippen LogP contribution in [0.25, 0.3) is 16.0 Å². The molecule has 190 valence electrons. The lowest BCUT2D eigenvalue weighted by Gasteiger charge is -2.35. The topological polar surface area (TPSA) is 85.8 Å². The standard InChI is InChI=1S/C27H34N6O3/c1-7-32-24-23(33(26(32)35)16-19-11-8-9-13-21(19)28-6)22(15-18(2)29-24)31-14-10-12-20(17-31)30-25(34)36-27(3,4)5/h8-9,11,13,15,20H,7,10,12,14,16-17H2,1-5H3,(H,30,34)/t20-/m1/s1. The van der Waals surface area contributed by atoms with Crippen molar-refractivity contribution >= 4 is 28.6 Å². The number of anilines is 1. The van der Waals surface area contributed by atoms with Crippen molar-refractivity contribution in [3.63, 3.8) is 0 Å². The van der Waals surface area contributed by atoms with Crippen LogP contribution in [0.15, 0.2) is 35.1 Å². The van der Waals surface area contributed by atoms with Crippen molar-refractivity contribution in [2.75, 3.05) is 18.0 Å². The summed E-state index contributed by atoms with van der Waals surface area (Å²) in [5, 5.41) is 3.01. The highest BCUT2D eigenvalue weighted by atomic mass is 16.6. The van der Waals surface area contributed by atoms with Crippen molar-refractivity contribution in [2.24, 2.45) is 0 Å². The molecule has 4 rings (SSSR count). The lowest BCUT2D eigenvalue weighted by Crippen LogP contribution is -2.49. The Hall–Kier alpha value is -3.80. The van der Waals surface area contributed by atoms with E-state index in [1.165, 1.54) is 0 Å². The zero-order chi connectivity index (χ0) is 26.0. The number of carbonyl (C=O) groups is 1. The van der Waals surface area contributed by atoms with Gasteiger partial charge in [0.2, 0.25) is 0 Å². The first-order valence-corrected chi connectivity index (χ1v) is 12.4. The first-order valence-electron chi connectivity index (χ1n) is 12.4. The van der Waals surface area contributed by atoms with Gasteiger partial charge in [-0.2, -0.15) is 0 Å². The molecule has 1 amide bonds. The molecule has 0 spiro atoms. The number of aryl methyl sites for hydroxylation is 2. The van der Waals surface area contributed by atoms with Gasteiger partial charge in [-0.25, -0.2) is 19.4 Å². The molecule has 1 fully saturated rings. The Balaban J connectivity index is 1.75. The molecule has 2 aromatic heterocycles. The minimum Gasteiger partial charge on any atom is -0.444 e. The molecule has 3 aromatic rings. The molecule has 0 bridgehead atoms. The number of fused-ring (bicyclic) bond motifs is 1. The summed E-state index contributed by atoms with van der Waals surface area (Å²) >= 11 is 0. The Bertz CT molecular complexity index is 1380. The highest BCUT2D eigenvalue weighted by Crippen LogP contribution is 2.30. The number of piperidine rings is 1. The summed E-state index contributed by atoms with van der Waals surface area (Å²) in [6.07, 6.45) is 1.32. The molecule has 1 aliphatic heterocycles. The van der Waals surface area contributed by atoms with Gasteiger partial charge in [0.1, 0.15) is 11.1 Å². The maximum atomic E-state index is 13.5. The molecule has 0 aliphatic carbocycles. The first kappa shape index (κ1) is 25.3. The SMILES string of the molecule is [C-]#[N+]c1ccccc1Cn1c(=O)n(CC)c2nc(C)cc(N3CCC[C@@H](NC(=O)OC(C)(C)C)C3)c21. The number of alkyl carbamates (subject to hydrolysis) is 1. The largest absolute Gasteiger partial charge is 0.444 e. The van der Waals surface area contributed by atoms with Crippen LogP contribution in [0, 0.1) is 13.5 Å². The normalized spacial score (nSPS) is 16.1. The van der Waals surface area contributed by atoms with Crippen molar-refractivity contribution in [3.05, 3.63) is 63.5 Å². The van der Waals surface area contributed by atoms with Crippen LogP contribution in [-0.4, -0.2) is 44.9 Å². The number of rotatable bonds is 5. The van der Waals surface area contributed by atoms with Crippen LogP contribution in [0.1, 0.15) is 51.8 Å². The van der Waals surface area contributed by atoms with Crippen LogP contribution in [0.4, 0.5) is 16.2 Å². The molecule has 0 saturated carbocycles. The maximum Gasteiger partial charge on any atom is 0.407 e. The number of ether oxygens (including phenoxy) is 1. The molecule has 9 heteroatoms. The molecule has 0 radical (unpaired) electrons. The fraction of sp³-hybridized carbons (Fsp3) is 0.481. The summed E-state index contributed by atoms with van der Waals surface area (Å²) in [5.74, 6) is 0. The van der Waals surface area contributed by atoms with E-state index >= 15 is 0 Å². The van der Waals surface area contributed by atoms with Crippen LogP contribution < -0.4 is 15.9 Å². The number of nitrogens with zero attached hydrogens (tertiary/aromatic N) is 5. The maximum absolute atomic E-state index is 13.5. The van der Waals surface area contributed by atoms with Crippen LogP contribution in [-0.2, 0) is 17.8 Å². The van der Waals surface area contributed by atoms with Gasteiger partial charge in [-0.05, 0) is 59.1 Å². The predicted molar refractivity (Wildman–Crippen MR) is 141 cm³/mol. The Morgan fingerprint density at radius 2 is 2.03 bits per heavy atom. The second-order valence-corrected chi connectivity index (χ2v) is 10.2. The molecule has 1 aromatic carbocycles. The third-order valence-corrected chi connectivity index (χ3v) is 6.31. The molecule has 1 aliphatic rings. The number of para-hydroxylation sites is 1. The van der Waals surface area contributed by atoms with Crippen molar-refractivity contribution in [3.8, 4) is 0 Å². The van der Waals surface area contributed by atoms with E-state index in [1.807, 2.05) is 58.9 Å². The van der Waals surface area contributed by atoms with E-state index in [0.29, 0.717) is 24.4 Å². The van der Waals surface area contributed by atoms with E-state index in [-0.39, 0.29) is 18.3 Å². The van der Waals surface area contributed by atoms with Crippen LogP contribution >= 0.6 is 0 Å². The summed E-state index contributed by atoms with van der Waals surface area (Å²) in [5.41, 5.74) is 3.74. The number of imidazole rings is 1. The van der Waals surface area contributed by atoms with Crippen molar-refractivity contribution < 1.29 is 9.53 Å². The van der Waals surface area contributed by atoms with Gasteiger partial charge >= 0.3 is 11.8 Å². The average molecular weight is 491 g/mol. The summed E-state index contributed by atoms with van der Waals surface area (Å²) in [6.45, 7) is 19.1. The second-order valence-electron chi connectivity index (χ2n) is 10.2. The van der Waals surface area contributed by atoms with Gasteiger partial charge in [0.25, 0.3) is 0 Å². The third kappa shape index (κ3) is 5.23. The van der Waals surface area contributed by atoms with Gasteiger partial charge in [0.15, 0.2) is 11.3 Å². The summed E-state index contributed by atoms with van der Waals surface area (Å²) < 4.78 is 8.88. The van der Waals surface area contributed by atoms with Gasteiger partial charge in [-0.3, -0.25) is 9.13 Å². The third-order valence-electron chi connectivity index (χ3n) is 6.31.